The van der Waals surface area contributed by atoms with Gasteiger partial charge in [0.05, 0.1) is 12.9 Å². The second-order valence-electron chi connectivity index (χ2n) is 10.4. The summed E-state index contributed by atoms with van der Waals surface area (Å²) in [6.45, 7) is 9.68. The topological polar surface area (TPSA) is 94.5 Å². The molecule has 0 saturated carbocycles. The van der Waals surface area contributed by atoms with Gasteiger partial charge in [0, 0.05) is 52.5 Å². The molecule has 39 heavy (non-hydrogen) atoms. The Balaban J connectivity index is 2.26. The summed E-state index contributed by atoms with van der Waals surface area (Å²) in [6, 6.07) is 10.1. The fraction of sp³-hybridized carbons (Fsp3) is 0.379. The van der Waals surface area contributed by atoms with Crippen molar-refractivity contribution in [1.82, 2.24) is 9.29 Å². The summed E-state index contributed by atoms with van der Waals surface area (Å²) in [6.07, 6.45) is 1.65. The van der Waals surface area contributed by atoms with Gasteiger partial charge in [-0.2, -0.15) is 0 Å². The lowest BCUT2D eigenvalue weighted by atomic mass is 9.89. The maximum absolute atomic E-state index is 14.5. The van der Waals surface area contributed by atoms with Crippen molar-refractivity contribution in [3.8, 4) is 16.9 Å². The summed E-state index contributed by atoms with van der Waals surface area (Å²) in [4.78, 5) is 26.4. The van der Waals surface area contributed by atoms with Crippen LogP contribution in [0.5, 0.6) is 5.75 Å². The number of aryl methyl sites for hydroxylation is 1. The highest BCUT2D eigenvalue weighted by atomic mass is 32.2. The van der Waals surface area contributed by atoms with Crippen LogP contribution in [0, 0.1) is 5.82 Å². The number of ketones is 1. The number of ether oxygens (including phenoxy) is 1. The average molecular weight is 575 g/mol. The molecule has 0 aliphatic rings. The van der Waals surface area contributed by atoms with Gasteiger partial charge < -0.3 is 9.30 Å². The molecule has 7 nitrogen and oxygen atoms in total. The molecule has 0 radical (unpaired) electrons. The number of carbonyl (C=O) groups excluding carboxylic acids is 1. The third-order valence-corrected chi connectivity index (χ3v) is 8.86. The van der Waals surface area contributed by atoms with E-state index in [1.165, 1.54) is 41.8 Å². The van der Waals surface area contributed by atoms with Crippen LogP contribution in [-0.4, -0.2) is 36.4 Å². The van der Waals surface area contributed by atoms with Gasteiger partial charge in [-0.3, -0.25) is 14.3 Å². The highest BCUT2D eigenvalue weighted by Crippen LogP contribution is 2.34. The Bertz CT molecular complexity index is 1540. The first-order valence-corrected chi connectivity index (χ1v) is 15.2. The van der Waals surface area contributed by atoms with Crippen molar-refractivity contribution < 1.29 is 22.3 Å². The lowest BCUT2D eigenvalue weighted by molar-refractivity contribution is 0.103. The molecule has 210 valence electrons. The average Bonchev–Trinajstić information content (AvgIpc) is 2.87. The van der Waals surface area contributed by atoms with Gasteiger partial charge in [0.15, 0.2) is 27.2 Å². The van der Waals surface area contributed by atoms with E-state index in [0.717, 1.165) is 6.07 Å². The maximum Gasteiger partial charge on any atom is 0.250 e. The summed E-state index contributed by atoms with van der Waals surface area (Å²) >= 11 is 1.52. The molecule has 1 atom stereocenters. The molecule has 0 bridgehead atoms. The summed E-state index contributed by atoms with van der Waals surface area (Å²) in [5.41, 5.74) is 2.36. The van der Waals surface area contributed by atoms with Crippen molar-refractivity contribution in [3.63, 3.8) is 0 Å². The van der Waals surface area contributed by atoms with E-state index in [9.17, 15) is 22.4 Å². The molecule has 0 aliphatic heterocycles. The second kappa shape index (κ2) is 12.1. The van der Waals surface area contributed by atoms with Crippen LogP contribution in [0.1, 0.15) is 67.7 Å². The second-order valence-corrected chi connectivity index (χ2v) is 14.4. The Morgan fingerprint density at radius 3 is 2.41 bits per heavy atom. The van der Waals surface area contributed by atoms with Crippen molar-refractivity contribution in [3.05, 3.63) is 87.1 Å². The number of pyridine rings is 1. The maximum atomic E-state index is 14.5. The smallest absolute Gasteiger partial charge is 0.250 e. The normalized spacial score (nSPS) is 12.8. The van der Waals surface area contributed by atoms with Crippen molar-refractivity contribution in [1.29, 1.82) is 0 Å². The zero-order valence-electron chi connectivity index (χ0n) is 23.3. The lowest BCUT2D eigenvalue weighted by Crippen LogP contribution is -2.24. The summed E-state index contributed by atoms with van der Waals surface area (Å²) < 4.78 is 49.0. The molecule has 1 heterocycles. The highest BCUT2D eigenvalue weighted by molar-refractivity contribution is 7.98. The van der Waals surface area contributed by atoms with Gasteiger partial charge in [-0.25, -0.2) is 12.8 Å². The van der Waals surface area contributed by atoms with E-state index in [1.807, 2.05) is 6.92 Å². The lowest BCUT2D eigenvalue weighted by Gasteiger charge is -2.24. The first kappa shape index (κ1) is 30.6. The van der Waals surface area contributed by atoms with Gasteiger partial charge in [-0.1, -0.05) is 31.0 Å². The monoisotopic (exact) mass is 574 g/mol. The number of rotatable bonds is 10. The third-order valence-electron chi connectivity index (χ3n) is 6.13. The molecule has 3 rings (SSSR count). The SMILES string of the molecule is CCS(=O)(=O)Cc1ccc(C(=O)c2ccc(OC)c(F)c2)c(-c2cn(C)c(=O)cc2[C@H](C)NSC(C)(C)C)c1. The predicted octanol–water partition coefficient (Wildman–Crippen LogP) is 5.46. The van der Waals surface area contributed by atoms with Gasteiger partial charge in [0.2, 0.25) is 0 Å². The number of hydrogen-bond acceptors (Lipinski definition) is 7. The first-order chi connectivity index (χ1) is 18.2. The van der Waals surface area contributed by atoms with Gasteiger partial charge in [-0.05, 0) is 68.7 Å². The number of hydrogen-bond donors (Lipinski definition) is 1. The number of sulfone groups is 1. The molecular formula is C29H35FN2O5S2. The van der Waals surface area contributed by atoms with Crippen molar-refractivity contribution in [2.24, 2.45) is 7.05 Å². The fourth-order valence-corrected chi connectivity index (χ4v) is 5.53. The standard InChI is InChI=1S/C29H35FN2O5S2/c1-8-39(35,36)17-19-9-11-21(28(34)20-10-12-26(37-7)25(30)14-20)23(13-19)24-16-32(6)27(33)15-22(24)18(2)31-38-29(3,4)5/h9-16,18,31H,8,17H2,1-7H3/t18-/m0/s1. The van der Waals surface area contributed by atoms with E-state index in [-0.39, 0.29) is 44.7 Å². The van der Waals surface area contributed by atoms with E-state index in [2.05, 4.69) is 25.5 Å². The van der Waals surface area contributed by atoms with Crippen molar-refractivity contribution in [2.45, 2.75) is 51.2 Å². The zero-order valence-corrected chi connectivity index (χ0v) is 24.9. The summed E-state index contributed by atoms with van der Waals surface area (Å²) in [5.74, 6) is -1.32. The quantitative estimate of drug-likeness (QED) is 0.254. The molecular weight excluding hydrogens is 539 g/mol. The van der Waals surface area contributed by atoms with Crippen LogP contribution in [0.25, 0.3) is 11.1 Å². The van der Waals surface area contributed by atoms with Crippen LogP contribution in [0.15, 0.2) is 53.5 Å². The summed E-state index contributed by atoms with van der Waals surface area (Å²) in [7, 11) is -0.399. The van der Waals surface area contributed by atoms with Crippen LogP contribution in [0.4, 0.5) is 4.39 Å². The van der Waals surface area contributed by atoms with Crippen LogP contribution < -0.4 is 15.0 Å². The van der Waals surface area contributed by atoms with E-state index in [0.29, 0.717) is 22.3 Å². The van der Waals surface area contributed by atoms with E-state index in [1.54, 1.807) is 38.4 Å². The molecule has 0 amide bonds. The molecule has 3 aromatic rings. The van der Waals surface area contributed by atoms with Gasteiger partial charge >= 0.3 is 0 Å². The molecule has 1 N–H and O–H groups in total. The van der Waals surface area contributed by atoms with E-state index < -0.39 is 21.4 Å². The molecule has 10 heteroatoms. The Morgan fingerprint density at radius 2 is 1.82 bits per heavy atom. The van der Waals surface area contributed by atoms with Crippen LogP contribution in [0.3, 0.4) is 0 Å². The summed E-state index contributed by atoms with van der Waals surface area (Å²) in [5, 5.41) is 0. The Kier molecular flexibility index (Phi) is 9.46. The number of methoxy groups -OCH3 is 1. The number of benzene rings is 2. The molecule has 0 spiro atoms. The number of carbonyl (C=O) groups is 1. The van der Waals surface area contributed by atoms with Crippen LogP contribution >= 0.6 is 11.9 Å². The van der Waals surface area contributed by atoms with Crippen LogP contribution in [0.2, 0.25) is 0 Å². The molecule has 0 fully saturated rings. The Labute approximate surface area is 233 Å². The molecule has 0 unspecified atom stereocenters. The Morgan fingerprint density at radius 1 is 1.13 bits per heavy atom. The highest BCUT2D eigenvalue weighted by Gasteiger charge is 2.23. The molecule has 0 aliphatic carbocycles. The zero-order chi connectivity index (χ0) is 29.1. The van der Waals surface area contributed by atoms with E-state index in [4.69, 9.17) is 4.74 Å². The third kappa shape index (κ3) is 7.58. The number of nitrogens with zero attached hydrogens (tertiary/aromatic N) is 1. The minimum atomic E-state index is -3.36. The molecule has 1 aromatic heterocycles. The largest absolute Gasteiger partial charge is 0.494 e. The Hall–Kier alpha value is -2.95. The molecule has 0 saturated heterocycles. The number of aromatic nitrogens is 1. The number of halogens is 1. The van der Waals surface area contributed by atoms with Gasteiger partial charge in [0.25, 0.3) is 5.56 Å². The van der Waals surface area contributed by atoms with Gasteiger partial charge in [-0.15, -0.1) is 0 Å². The van der Waals surface area contributed by atoms with E-state index >= 15 is 0 Å². The first-order valence-electron chi connectivity index (χ1n) is 12.5. The molecule has 2 aromatic carbocycles. The van der Waals surface area contributed by atoms with Crippen molar-refractivity contribution in [2.75, 3.05) is 12.9 Å². The van der Waals surface area contributed by atoms with Crippen LogP contribution in [-0.2, 0) is 22.6 Å². The number of nitrogens with one attached hydrogen (secondary N) is 1. The fourth-order valence-electron chi connectivity index (χ4n) is 3.98. The van der Waals surface area contributed by atoms with Crippen molar-refractivity contribution >= 4 is 27.6 Å². The predicted molar refractivity (Wildman–Crippen MR) is 156 cm³/mol. The minimum absolute atomic E-state index is 0.0171. The minimum Gasteiger partial charge on any atom is -0.494 e. The van der Waals surface area contributed by atoms with Gasteiger partial charge in [0.1, 0.15) is 0 Å².